The molecule has 1 fully saturated rings. The van der Waals surface area contributed by atoms with Gasteiger partial charge in [0, 0.05) is 110 Å². The topological polar surface area (TPSA) is 325 Å². The van der Waals surface area contributed by atoms with Crippen LogP contribution in [0.2, 0.25) is 0 Å². The first-order chi connectivity index (χ1) is 65.8. The van der Waals surface area contributed by atoms with Crippen LogP contribution in [0.4, 0.5) is 24.5 Å². The Bertz CT molecular complexity index is 7250. The van der Waals surface area contributed by atoms with Gasteiger partial charge in [-0.2, -0.15) is 23.4 Å². The van der Waals surface area contributed by atoms with Gasteiger partial charge in [0.1, 0.15) is 6.04 Å². The molecule has 4 atom stereocenters. The van der Waals surface area contributed by atoms with Crippen molar-refractivity contribution < 1.29 is 64.2 Å². The third-order valence-corrected chi connectivity index (χ3v) is 27.0. The minimum Gasteiger partial charge on any atom is -0.344 e. The van der Waals surface area contributed by atoms with Crippen LogP contribution in [0, 0.1) is 88.7 Å². The SMILES string of the molecule is CC(C)C(NC(=O)[C@@H]1CCCN1C(=O)[C@@H](CC(=O)c1ccc(C(=O)NS(=O)(=O)c2ccc(C(C)(C)C)cc2)cc1)C(C)C)C(=O)C(F)(F)F.Cc1cccc(-n2c(C)c(-c3ccnn3C)cc(C(=O)C(C)(C)C)c2=O)c1.[C-]#[N+]c1ccc(-n2nccc2-c2cc(C(=O)C(C)(C)C)c(=O)n(-c3cccc(C)c3)c2C)cc1.[C-]#[N+]c1ccc(S(=O)c2cc(C(=O)C(C)(C)C)c(=O)n(-c3cccc(C)c3)c2C)cc1. The fourth-order valence-corrected chi connectivity index (χ4v) is 18.3. The van der Waals surface area contributed by atoms with E-state index in [0.717, 1.165) is 61.8 Å². The quantitative estimate of drug-likeness (QED) is 0.0444. The summed E-state index contributed by atoms with van der Waals surface area (Å²) >= 11 is 0. The van der Waals surface area contributed by atoms with Crippen LogP contribution >= 0.6 is 0 Å². The van der Waals surface area contributed by atoms with E-state index in [9.17, 15) is 78.5 Å². The number of aromatic nitrogens is 7. The molecule has 31 heteroatoms. The number of aryl methyl sites for hydroxylation is 4. The van der Waals surface area contributed by atoms with Gasteiger partial charge >= 0.3 is 6.18 Å². The number of rotatable bonds is 23. The van der Waals surface area contributed by atoms with E-state index < -0.39 is 102 Å². The minimum absolute atomic E-state index is 0.0146. The molecule has 1 aliphatic rings. The van der Waals surface area contributed by atoms with Gasteiger partial charge in [-0.05, 0) is 197 Å². The first-order valence-electron chi connectivity index (χ1n) is 45.9. The highest BCUT2D eigenvalue weighted by Crippen LogP contribution is 2.36. The molecule has 2 unspecified atom stereocenters. The van der Waals surface area contributed by atoms with Gasteiger partial charge in [-0.1, -0.05) is 208 Å². The van der Waals surface area contributed by atoms with Crippen molar-refractivity contribution in [2.75, 3.05) is 6.54 Å². The number of amides is 3. The van der Waals surface area contributed by atoms with E-state index in [2.05, 4.69) is 25.2 Å². The molecule has 0 radical (unpaired) electrons. The number of pyridine rings is 3. The zero-order valence-corrected chi connectivity index (χ0v) is 85.2. The number of ketones is 5. The van der Waals surface area contributed by atoms with E-state index in [-0.39, 0.29) is 91.9 Å². The summed E-state index contributed by atoms with van der Waals surface area (Å²) in [7, 11) is -3.96. The average Bonchev–Trinajstić information content (AvgIpc) is 1.20. The van der Waals surface area contributed by atoms with Crippen molar-refractivity contribution in [3.05, 3.63) is 334 Å². The lowest BCUT2D eigenvalue weighted by Crippen LogP contribution is -2.55. The summed E-state index contributed by atoms with van der Waals surface area (Å²) in [6.45, 7) is 54.2. The number of likely N-dealkylation sites (tertiary alicyclic amines) is 1. The number of carbonyl (C=O) groups excluding carboxylic acids is 8. The van der Waals surface area contributed by atoms with Crippen molar-refractivity contribution in [3.63, 3.8) is 0 Å². The van der Waals surface area contributed by atoms with Gasteiger partial charge in [-0.25, -0.2) is 31.7 Å². The molecule has 7 aromatic carbocycles. The van der Waals surface area contributed by atoms with E-state index >= 15 is 0 Å². The van der Waals surface area contributed by atoms with Crippen molar-refractivity contribution >= 4 is 78.8 Å². The van der Waals surface area contributed by atoms with E-state index in [4.69, 9.17) is 13.1 Å². The minimum atomic E-state index is -5.14. The molecule has 1 aliphatic heterocycles. The van der Waals surface area contributed by atoms with Crippen LogP contribution in [-0.4, -0.2) is 122 Å². The third kappa shape index (κ3) is 25.4. The molecule has 26 nitrogen and oxygen atoms in total. The Morgan fingerprint density at radius 2 is 0.936 bits per heavy atom. The molecule has 0 bridgehead atoms. The fraction of sp³-hybridized carbons (Fsp3) is 0.336. The van der Waals surface area contributed by atoms with Gasteiger partial charge in [-0.15, -0.1) is 0 Å². The number of sulfonamides is 1. The van der Waals surface area contributed by atoms with E-state index in [1.54, 1.807) is 139 Å². The maximum Gasteiger partial charge on any atom is 0.452 e. The first kappa shape index (κ1) is 108. The predicted molar refractivity (Wildman–Crippen MR) is 540 cm³/mol. The highest BCUT2D eigenvalue weighted by molar-refractivity contribution is 7.90. The number of nitrogens with one attached hydrogen (secondary N) is 2. The standard InChI is InChI=1S/C35H44F3N3O7S.C28H26N4O2.C25H24N2O3S.C22H25N3O2/c1-20(2)26(33(46)41-18-8-9-27(41)32(45)39-29(21(3)4)30(43)35(36,37)38)19-28(42)22-10-12-23(13-11-22)31(44)40-49(47,48)25-16-14-24(15-17-25)34(5,6)7;1-18-8-7-9-22(16-18)31-19(2)23(17-24(27(31)34)26(33)28(3,4)5)25-14-15-30-32(25)21-12-10-20(29-6)11-13-21;1-16-8-7-9-19(14-16)27-17(2)22(15-21(24(27)29)23(28)25(3,4)5)31(30)20-12-10-18(26-6)11-13-20;1-14-8-7-9-16(12-14)25-15(2)17(19-10-11-23-24(19)6)13-18(21(25)27)20(26)22(3,4)5/h10-17,20-21,26-27,29H,8-9,18-19H2,1-7H3,(H,39,45)(H,40,44);7-17H,1-5H3;7-15H,1-5H3;7-13H,1-6H3/t26-,27-,29?;;;/m0.../s1. The maximum atomic E-state index is 13.7. The number of Topliss-reactive ketones (excluding diaryl/α,β-unsaturated/α-hetero) is 5. The summed E-state index contributed by atoms with van der Waals surface area (Å²) in [6, 6.07) is 53.6. The lowest BCUT2D eigenvalue weighted by atomic mass is 9.86. The van der Waals surface area contributed by atoms with Crippen LogP contribution in [0.25, 0.3) is 55.0 Å². The molecule has 3 amide bonds. The number of hydrogen-bond donors (Lipinski definition) is 2. The van der Waals surface area contributed by atoms with E-state index in [1.807, 2.05) is 200 Å². The fourth-order valence-electron chi connectivity index (χ4n) is 16.1. The average molecular weight is 1950 g/mol. The second-order valence-corrected chi connectivity index (χ2v) is 42.9. The Morgan fingerprint density at radius 3 is 1.35 bits per heavy atom. The van der Waals surface area contributed by atoms with Crippen LogP contribution in [0.15, 0.2) is 242 Å². The Kier molecular flexibility index (Phi) is 33.7. The van der Waals surface area contributed by atoms with Gasteiger partial charge in [0.15, 0.2) is 34.5 Å². The molecule has 12 aromatic rings. The summed E-state index contributed by atoms with van der Waals surface area (Å²) in [5.74, 6) is -7.57. The largest absolute Gasteiger partial charge is 0.452 e. The van der Waals surface area contributed by atoms with Gasteiger partial charge in [0.25, 0.3) is 38.4 Å². The van der Waals surface area contributed by atoms with Crippen molar-refractivity contribution in [2.24, 2.45) is 41.0 Å². The van der Waals surface area contributed by atoms with Crippen LogP contribution in [-0.2, 0) is 47.7 Å². The van der Waals surface area contributed by atoms with Gasteiger partial charge in [0.05, 0.1) is 79.7 Å². The molecule has 0 aliphatic carbocycles. The monoisotopic (exact) mass is 1950 g/mol. The molecule has 736 valence electrons. The van der Waals surface area contributed by atoms with E-state index in [1.165, 1.54) is 65.8 Å². The summed E-state index contributed by atoms with van der Waals surface area (Å²) in [5, 5.41) is 10.9. The highest BCUT2D eigenvalue weighted by atomic mass is 32.2. The zero-order chi connectivity index (χ0) is 105. The number of alkyl halides is 3. The van der Waals surface area contributed by atoms with Gasteiger partial charge in [0.2, 0.25) is 11.8 Å². The van der Waals surface area contributed by atoms with Crippen molar-refractivity contribution in [3.8, 4) is 45.3 Å². The predicted octanol–water partition coefficient (Wildman–Crippen LogP) is 20.8. The van der Waals surface area contributed by atoms with Crippen LogP contribution in [0.1, 0.15) is 221 Å². The van der Waals surface area contributed by atoms with Crippen LogP contribution < -0.4 is 26.7 Å². The van der Waals surface area contributed by atoms with Gasteiger partial charge in [-0.3, -0.25) is 71.1 Å². The maximum absolute atomic E-state index is 13.7. The molecule has 141 heavy (non-hydrogen) atoms. The Morgan fingerprint density at radius 1 is 0.511 bits per heavy atom. The molecule has 0 spiro atoms. The zero-order valence-electron chi connectivity index (χ0n) is 83.6. The number of halogens is 3. The molecular formula is C110H119F3N12O14S2. The van der Waals surface area contributed by atoms with Crippen molar-refractivity contribution in [1.29, 1.82) is 0 Å². The molecule has 1 saturated heterocycles. The Labute approximate surface area is 822 Å². The Hall–Kier alpha value is -14.6. The first-order valence-corrected chi connectivity index (χ1v) is 48.5. The number of hydrogen-bond acceptors (Lipinski definition) is 16. The lowest BCUT2D eigenvalue weighted by molar-refractivity contribution is -0.175. The van der Waals surface area contributed by atoms with Crippen LogP contribution in [0.3, 0.4) is 0 Å². The molecule has 5 aromatic heterocycles. The summed E-state index contributed by atoms with van der Waals surface area (Å²) in [4.78, 5) is 153. The molecule has 0 saturated carbocycles. The van der Waals surface area contributed by atoms with Crippen molar-refractivity contribution in [1.82, 2.24) is 48.2 Å². The lowest BCUT2D eigenvalue weighted by Gasteiger charge is -2.31. The number of benzene rings is 7. The normalized spacial score (nSPS) is 13.5. The third-order valence-electron chi connectivity index (χ3n) is 24.1. The second-order valence-electron chi connectivity index (χ2n) is 39.8. The van der Waals surface area contributed by atoms with E-state index in [0.29, 0.717) is 50.3 Å². The van der Waals surface area contributed by atoms with Gasteiger partial charge < -0.3 is 10.2 Å². The number of nitrogens with zero attached hydrogens (tertiary/aromatic N) is 10. The molecular weight excluding hydrogens is 1830 g/mol. The molecule has 13 rings (SSSR count). The number of carbonyl (C=O) groups is 8. The highest BCUT2D eigenvalue weighted by Gasteiger charge is 2.47. The van der Waals surface area contributed by atoms with Crippen LogP contribution in [0.5, 0.6) is 0 Å². The second kappa shape index (κ2) is 43.9. The molecule has 2 N–H and O–H groups in total. The summed E-state index contributed by atoms with van der Waals surface area (Å²) in [5.41, 5.74) is 10.1. The summed E-state index contributed by atoms with van der Waals surface area (Å²) in [6.07, 6.45) is -1.42. The molecule has 6 heterocycles. The van der Waals surface area contributed by atoms with Crippen molar-refractivity contribution in [2.45, 2.75) is 210 Å². The smallest absolute Gasteiger partial charge is 0.344 e. The Balaban J connectivity index is 0.000000198. The summed E-state index contributed by atoms with van der Waals surface area (Å²) < 4.78 is 88.8.